The molecule has 2 aromatic carbocycles. The van der Waals surface area contributed by atoms with Gasteiger partial charge in [0, 0.05) is 50.5 Å². The van der Waals surface area contributed by atoms with E-state index in [1.807, 2.05) is 74.2 Å². The summed E-state index contributed by atoms with van der Waals surface area (Å²) in [5.41, 5.74) is 4.79. The molecule has 3 amide bonds. The Balaban J connectivity index is 1.59. The summed E-state index contributed by atoms with van der Waals surface area (Å²) in [4.78, 5) is 44.9. The molecule has 2 unspecified atom stereocenters. The fourth-order valence-electron chi connectivity index (χ4n) is 4.96. The Labute approximate surface area is 218 Å². The molecule has 0 bridgehead atoms. The van der Waals surface area contributed by atoms with E-state index >= 15 is 0 Å². The first-order valence-electron chi connectivity index (χ1n) is 12.8. The molecule has 0 radical (unpaired) electrons. The van der Waals surface area contributed by atoms with Gasteiger partial charge in [0.2, 0.25) is 0 Å². The number of esters is 1. The van der Waals surface area contributed by atoms with Crippen LogP contribution < -0.4 is 5.32 Å². The van der Waals surface area contributed by atoms with Crippen LogP contribution in [0.3, 0.4) is 0 Å². The lowest BCUT2D eigenvalue weighted by Crippen LogP contribution is -2.56. The Morgan fingerprint density at radius 2 is 1.62 bits per heavy atom. The van der Waals surface area contributed by atoms with E-state index in [-0.39, 0.29) is 24.6 Å². The van der Waals surface area contributed by atoms with Crippen LogP contribution in [0, 0.1) is 13.8 Å². The highest BCUT2D eigenvalue weighted by atomic mass is 16.5. The number of urea groups is 1. The van der Waals surface area contributed by atoms with Crippen LogP contribution in [-0.4, -0.2) is 78.5 Å². The van der Waals surface area contributed by atoms with E-state index < -0.39 is 12.0 Å². The highest BCUT2D eigenvalue weighted by Crippen LogP contribution is 2.32. The zero-order valence-electron chi connectivity index (χ0n) is 22.3. The van der Waals surface area contributed by atoms with Gasteiger partial charge in [-0.25, -0.2) is 9.59 Å². The Bertz CT molecular complexity index is 1190. The summed E-state index contributed by atoms with van der Waals surface area (Å²) in [6.45, 7) is 10.3. The summed E-state index contributed by atoms with van der Waals surface area (Å²) in [5.74, 6) is -0.414. The van der Waals surface area contributed by atoms with Crippen LogP contribution in [0.15, 0.2) is 59.8 Å². The molecule has 1 saturated heterocycles. The average Bonchev–Trinajstić information content (AvgIpc) is 2.87. The van der Waals surface area contributed by atoms with Gasteiger partial charge in [-0.05, 0) is 45.4 Å². The van der Waals surface area contributed by atoms with Crippen molar-refractivity contribution in [1.82, 2.24) is 20.0 Å². The predicted octanol–water partition coefficient (Wildman–Crippen LogP) is 3.66. The Hall–Kier alpha value is -3.65. The first-order chi connectivity index (χ1) is 17.7. The number of hydrogen-bond donors (Lipinski definition) is 1. The van der Waals surface area contributed by atoms with E-state index in [1.54, 1.807) is 14.0 Å². The minimum Gasteiger partial charge on any atom is -0.463 e. The number of nitrogens with one attached hydrogen (secondary N) is 1. The zero-order valence-corrected chi connectivity index (χ0v) is 22.3. The largest absolute Gasteiger partial charge is 0.463 e. The molecule has 0 saturated carbocycles. The number of aryl methyl sites for hydroxylation is 2. The van der Waals surface area contributed by atoms with E-state index in [0.717, 1.165) is 16.7 Å². The van der Waals surface area contributed by atoms with Crippen LogP contribution >= 0.6 is 0 Å². The maximum atomic E-state index is 13.2. The number of amides is 3. The first-order valence-corrected chi connectivity index (χ1v) is 12.8. The van der Waals surface area contributed by atoms with Crippen molar-refractivity contribution in [3.63, 3.8) is 0 Å². The number of carbonyl (C=O) groups excluding carboxylic acids is 3. The summed E-state index contributed by atoms with van der Waals surface area (Å²) in [6, 6.07) is 14.5. The van der Waals surface area contributed by atoms with Crippen LogP contribution in [0.1, 0.15) is 46.9 Å². The number of rotatable bonds is 6. The molecule has 1 N–H and O–H groups in total. The SMILES string of the molecule is CCOC(=O)C1=C(CN2CCN(C(=O)c3ccc(C)cc3)C(C)C2)N(C)C(=O)NC1c1ccc(C)cc1. The number of benzene rings is 2. The molecule has 2 aliphatic heterocycles. The normalized spacial score (nSPS) is 20.6. The van der Waals surface area contributed by atoms with Crippen molar-refractivity contribution in [2.45, 2.75) is 39.8 Å². The van der Waals surface area contributed by atoms with Crippen LogP contribution in [0.4, 0.5) is 4.79 Å². The second kappa shape index (κ2) is 11.2. The summed E-state index contributed by atoms with van der Waals surface area (Å²) in [5, 5.41) is 2.97. The van der Waals surface area contributed by atoms with Crippen LogP contribution in [0.2, 0.25) is 0 Å². The van der Waals surface area contributed by atoms with Crippen molar-refractivity contribution >= 4 is 17.9 Å². The van der Waals surface area contributed by atoms with Crippen LogP contribution in [-0.2, 0) is 9.53 Å². The van der Waals surface area contributed by atoms with Gasteiger partial charge in [-0.1, -0.05) is 47.5 Å². The van der Waals surface area contributed by atoms with Gasteiger partial charge >= 0.3 is 12.0 Å². The van der Waals surface area contributed by atoms with Gasteiger partial charge in [0.05, 0.1) is 18.2 Å². The fourth-order valence-corrected chi connectivity index (χ4v) is 4.96. The number of nitrogens with zero attached hydrogens (tertiary/aromatic N) is 3. The average molecular weight is 505 g/mol. The van der Waals surface area contributed by atoms with E-state index in [1.165, 1.54) is 4.90 Å². The molecule has 4 rings (SSSR count). The molecule has 2 heterocycles. The minimum atomic E-state index is -0.597. The van der Waals surface area contributed by atoms with Gasteiger partial charge in [0.25, 0.3) is 5.91 Å². The lowest BCUT2D eigenvalue weighted by atomic mass is 9.93. The lowest BCUT2D eigenvalue weighted by Gasteiger charge is -2.42. The molecule has 37 heavy (non-hydrogen) atoms. The fraction of sp³-hybridized carbons (Fsp3) is 0.414. The second-order valence-corrected chi connectivity index (χ2v) is 9.88. The summed E-state index contributed by atoms with van der Waals surface area (Å²) < 4.78 is 5.44. The highest BCUT2D eigenvalue weighted by Gasteiger charge is 2.38. The van der Waals surface area contributed by atoms with Gasteiger partial charge in [0.15, 0.2) is 0 Å². The molecule has 1 fully saturated rings. The quantitative estimate of drug-likeness (QED) is 0.607. The third kappa shape index (κ3) is 5.69. The molecular formula is C29H36N4O4. The van der Waals surface area contributed by atoms with E-state index in [0.29, 0.717) is 43.0 Å². The van der Waals surface area contributed by atoms with Gasteiger partial charge < -0.3 is 15.0 Å². The number of likely N-dealkylation sites (N-methyl/N-ethyl adjacent to an activating group) is 1. The third-order valence-electron chi connectivity index (χ3n) is 7.13. The van der Waals surface area contributed by atoms with Gasteiger partial charge in [-0.15, -0.1) is 0 Å². The molecule has 196 valence electrons. The molecule has 0 aliphatic carbocycles. The topological polar surface area (TPSA) is 82.2 Å². The monoisotopic (exact) mass is 504 g/mol. The van der Waals surface area contributed by atoms with Crippen molar-refractivity contribution < 1.29 is 19.1 Å². The smallest absolute Gasteiger partial charge is 0.338 e. The maximum absolute atomic E-state index is 13.2. The zero-order chi connectivity index (χ0) is 26.7. The highest BCUT2D eigenvalue weighted by molar-refractivity contribution is 5.95. The van der Waals surface area contributed by atoms with Crippen molar-refractivity contribution in [2.75, 3.05) is 39.8 Å². The van der Waals surface area contributed by atoms with Gasteiger partial charge in [0.1, 0.15) is 0 Å². The van der Waals surface area contributed by atoms with E-state index in [2.05, 4.69) is 10.2 Å². The molecule has 2 aromatic rings. The number of carbonyl (C=O) groups is 3. The number of piperazine rings is 1. The molecule has 8 heteroatoms. The number of hydrogen-bond acceptors (Lipinski definition) is 5. The molecule has 2 atom stereocenters. The van der Waals surface area contributed by atoms with Gasteiger partial charge in [-0.3, -0.25) is 14.6 Å². The molecule has 0 aromatic heterocycles. The molecule has 0 spiro atoms. The molecular weight excluding hydrogens is 468 g/mol. The van der Waals surface area contributed by atoms with Crippen molar-refractivity contribution in [1.29, 1.82) is 0 Å². The second-order valence-electron chi connectivity index (χ2n) is 9.88. The van der Waals surface area contributed by atoms with Crippen molar-refractivity contribution in [3.05, 3.63) is 82.1 Å². The van der Waals surface area contributed by atoms with E-state index in [9.17, 15) is 14.4 Å². The summed E-state index contributed by atoms with van der Waals surface area (Å²) in [6.07, 6.45) is 0. The Kier molecular flexibility index (Phi) is 7.97. The van der Waals surface area contributed by atoms with E-state index in [4.69, 9.17) is 4.74 Å². The predicted molar refractivity (Wildman–Crippen MR) is 142 cm³/mol. The molecule has 8 nitrogen and oxygen atoms in total. The summed E-state index contributed by atoms with van der Waals surface area (Å²) >= 11 is 0. The lowest BCUT2D eigenvalue weighted by molar-refractivity contribution is -0.139. The Morgan fingerprint density at radius 1 is 1.00 bits per heavy atom. The van der Waals surface area contributed by atoms with Crippen molar-refractivity contribution in [3.8, 4) is 0 Å². The van der Waals surface area contributed by atoms with Gasteiger partial charge in [-0.2, -0.15) is 0 Å². The first kappa shape index (κ1) is 26.4. The summed E-state index contributed by atoms with van der Waals surface area (Å²) in [7, 11) is 1.68. The van der Waals surface area contributed by atoms with Crippen LogP contribution in [0.25, 0.3) is 0 Å². The maximum Gasteiger partial charge on any atom is 0.338 e. The number of ether oxygens (including phenoxy) is 1. The third-order valence-corrected chi connectivity index (χ3v) is 7.13. The van der Waals surface area contributed by atoms with Crippen molar-refractivity contribution in [2.24, 2.45) is 0 Å². The van der Waals surface area contributed by atoms with Crippen LogP contribution in [0.5, 0.6) is 0 Å². The minimum absolute atomic E-state index is 0.0205. The standard InChI is InChI=1S/C29H36N4O4/c1-6-37-28(35)25-24(31(5)29(36)30-26(25)22-11-7-19(2)8-12-22)18-32-15-16-33(21(4)17-32)27(34)23-13-9-20(3)10-14-23/h7-14,21,26H,6,15-18H2,1-5H3,(H,30,36). The Morgan fingerprint density at radius 3 is 2.22 bits per heavy atom. The molecule has 2 aliphatic rings.